The molecule has 0 radical (unpaired) electrons. The molecule has 57 heavy (non-hydrogen) atoms. The van der Waals surface area contributed by atoms with E-state index < -0.39 is 0 Å². The summed E-state index contributed by atoms with van der Waals surface area (Å²) in [6.45, 7) is 0. The average Bonchev–Trinajstić information content (AvgIpc) is 3.87. The van der Waals surface area contributed by atoms with E-state index in [-0.39, 0.29) is 0 Å². The number of benzene rings is 9. The molecule has 0 fully saturated rings. The quantitative estimate of drug-likeness (QED) is 0.164. The number of hydrogen-bond acceptors (Lipinski definition) is 3. The predicted octanol–water partition coefficient (Wildman–Crippen LogP) is 15.6. The second kappa shape index (κ2) is 13.6. The lowest BCUT2D eigenvalue weighted by molar-refractivity contribution is 0.669. The van der Waals surface area contributed by atoms with Crippen molar-refractivity contribution in [2.75, 3.05) is 4.90 Å². The molecule has 3 nitrogen and oxygen atoms in total. The second-order valence-electron chi connectivity index (χ2n) is 14.4. The Morgan fingerprint density at radius 2 is 0.754 bits per heavy atom. The molecule has 0 saturated carbocycles. The SMILES string of the molecule is c1ccc(-c2cccc(N(c3cccc(-c4ccccc4)c3)c3ccc(-c4ccccc4-c4cccc5c4oc4ccccc45)c4oc5ccccc5c34)c2)cc1. The molecule has 0 aliphatic carbocycles. The number of nitrogens with zero attached hydrogens (tertiary/aromatic N) is 1. The first-order chi connectivity index (χ1) is 28.3. The number of anilines is 3. The lowest BCUT2D eigenvalue weighted by atomic mass is 9.92. The van der Waals surface area contributed by atoms with Crippen LogP contribution < -0.4 is 4.90 Å². The Morgan fingerprint density at radius 1 is 0.298 bits per heavy atom. The van der Waals surface area contributed by atoms with Gasteiger partial charge >= 0.3 is 0 Å². The molecular weight excluding hydrogens is 695 g/mol. The van der Waals surface area contributed by atoms with Crippen LogP contribution in [0.2, 0.25) is 0 Å². The van der Waals surface area contributed by atoms with Gasteiger partial charge in [-0.15, -0.1) is 0 Å². The number of rotatable bonds is 7. The summed E-state index contributed by atoms with van der Waals surface area (Å²) in [5.74, 6) is 0. The van der Waals surface area contributed by atoms with Crippen molar-refractivity contribution in [2.24, 2.45) is 0 Å². The fourth-order valence-corrected chi connectivity index (χ4v) is 8.46. The monoisotopic (exact) mass is 729 g/mol. The van der Waals surface area contributed by atoms with Crippen LogP contribution >= 0.6 is 0 Å². The molecule has 0 N–H and O–H groups in total. The lowest BCUT2D eigenvalue weighted by Gasteiger charge is -2.28. The van der Waals surface area contributed by atoms with Gasteiger partial charge in [0.1, 0.15) is 22.3 Å². The minimum Gasteiger partial charge on any atom is -0.455 e. The first-order valence-corrected chi connectivity index (χ1v) is 19.3. The lowest BCUT2D eigenvalue weighted by Crippen LogP contribution is -2.11. The van der Waals surface area contributed by atoms with Gasteiger partial charge in [0.15, 0.2) is 0 Å². The first-order valence-electron chi connectivity index (χ1n) is 19.3. The highest BCUT2D eigenvalue weighted by atomic mass is 16.3. The van der Waals surface area contributed by atoms with Crippen LogP contribution in [0.5, 0.6) is 0 Å². The standard InChI is InChI=1S/C54H35NO2/c1-3-16-36(17-4-1)38-20-13-22-40(34-38)55(41-23-14-21-39(35-41)37-18-5-2-6-19-37)49-33-32-47(54-52(49)48-27-10-12-31-51(48)57-54)43-25-8-7-24-42(43)45-28-15-29-46-44-26-9-11-30-50(44)56-53(45)46/h1-35H. The molecule has 0 atom stereocenters. The van der Waals surface area contributed by atoms with E-state index in [1.54, 1.807) is 0 Å². The van der Waals surface area contributed by atoms with E-state index in [0.717, 1.165) is 94.3 Å². The van der Waals surface area contributed by atoms with Crippen LogP contribution in [-0.4, -0.2) is 0 Å². The van der Waals surface area contributed by atoms with E-state index >= 15 is 0 Å². The van der Waals surface area contributed by atoms with Crippen molar-refractivity contribution in [3.8, 4) is 44.5 Å². The smallest absolute Gasteiger partial charge is 0.145 e. The molecule has 2 aromatic heterocycles. The van der Waals surface area contributed by atoms with E-state index in [4.69, 9.17) is 8.83 Å². The van der Waals surface area contributed by atoms with Crippen LogP contribution in [0.25, 0.3) is 88.4 Å². The minimum absolute atomic E-state index is 0.835. The third kappa shape index (κ3) is 5.60. The molecule has 268 valence electrons. The third-order valence-electron chi connectivity index (χ3n) is 11.1. The van der Waals surface area contributed by atoms with Crippen LogP contribution in [0, 0.1) is 0 Å². The Kier molecular flexibility index (Phi) is 7.82. The van der Waals surface area contributed by atoms with Crippen molar-refractivity contribution >= 4 is 60.9 Å². The maximum absolute atomic E-state index is 6.96. The van der Waals surface area contributed by atoms with Gasteiger partial charge in [0, 0.05) is 38.7 Å². The molecule has 0 bridgehead atoms. The molecule has 0 aliphatic heterocycles. The zero-order valence-electron chi connectivity index (χ0n) is 31.0. The molecular formula is C54H35NO2. The number of furan rings is 2. The van der Waals surface area contributed by atoms with Gasteiger partial charge in [-0.2, -0.15) is 0 Å². The molecule has 0 unspecified atom stereocenters. The Morgan fingerprint density at radius 3 is 1.40 bits per heavy atom. The van der Waals surface area contributed by atoms with Crippen molar-refractivity contribution in [3.63, 3.8) is 0 Å². The Labute approximate surface area is 330 Å². The maximum atomic E-state index is 6.96. The van der Waals surface area contributed by atoms with Gasteiger partial charge in [-0.3, -0.25) is 0 Å². The average molecular weight is 730 g/mol. The summed E-state index contributed by atoms with van der Waals surface area (Å²) in [6.07, 6.45) is 0. The summed E-state index contributed by atoms with van der Waals surface area (Å²) < 4.78 is 13.5. The molecule has 3 heteroatoms. The second-order valence-corrected chi connectivity index (χ2v) is 14.4. The molecule has 11 aromatic rings. The third-order valence-corrected chi connectivity index (χ3v) is 11.1. The normalized spacial score (nSPS) is 11.5. The molecule has 2 heterocycles. The zero-order valence-corrected chi connectivity index (χ0v) is 31.0. The Hall–Kier alpha value is -7.62. The highest BCUT2D eigenvalue weighted by molar-refractivity contribution is 6.18. The maximum Gasteiger partial charge on any atom is 0.145 e. The molecule has 11 rings (SSSR count). The van der Waals surface area contributed by atoms with Gasteiger partial charge in [0.2, 0.25) is 0 Å². The van der Waals surface area contributed by atoms with Crippen LogP contribution in [0.3, 0.4) is 0 Å². The summed E-state index contributed by atoms with van der Waals surface area (Å²) in [5.41, 5.74) is 15.4. The van der Waals surface area contributed by atoms with Gasteiger partial charge in [0.05, 0.1) is 11.1 Å². The van der Waals surface area contributed by atoms with Gasteiger partial charge in [-0.1, -0.05) is 164 Å². The fourth-order valence-electron chi connectivity index (χ4n) is 8.46. The van der Waals surface area contributed by atoms with Crippen LogP contribution in [0.4, 0.5) is 17.1 Å². The van der Waals surface area contributed by atoms with E-state index in [1.165, 1.54) is 11.1 Å². The minimum atomic E-state index is 0.835. The van der Waals surface area contributed by atoms with Crippen molar-refractivity contribution in [1.82, 2.24) is 0 Å². The Balaban J connectivity index is 1.16. The summed E-state index contributed by atoms with van der Waals surface area (Å²) in [6, 6.07) is 75.0. The van der Waals surface area contributed by atoms with Gasteiger partial charge < -0.3 is 13.7 Å². The zero-order chi connectivity index (χ0) is 37.7. The highest BCUT2D eigenvalue weighted by Gasteiger charge is 2.24. The van der Waals surface area contributed by atoms with Crippen LogP contribution in [0.1, 0.15) is 0 Å². The molecule has 0 aliphatic rings. The molecule has 0 spiro atoms. The van der Waals surface area contributed by atoms with Crippen LogP contribution in [-0.2, 0) is 0 Å². The van der Waals surface area contributed by atoms with Crippen molar-refractivity contribution < 1.29 is 8.83 Å². The van der Waals surface area contributed by atoms with Gasteiger partial charge in [0.25, 0.3) is 0 Å². The van der Waals surface area contributed by atoms with E-state index in [0.29, 0.717) is 0 Å². The van der Waals surface area contributed by atoms with E-state index in [1.807, 2.05) is 18.2 Å². The van der Waals surface area contributed by atoms with Gasteiger partial charge in [-0.05, 0) is 81.9 Å². The fraction of sp³-hybridized carbons (Fsp3) is 0. The Bertz CT molecular complexity index is 3160. The predicted molar refractivity (Wildman–Crippen MR) is 237 cm³/mol. The first kappa shape index (κ1) is 32.8. The van der Waals surface area contributed by atoms with E-state index in [9.17, 15) is 0 Å². The number of hydrogen-bond donors (Lipinski definition) is 0. The highest BCUT2D eigenvalue weighted by Crippen LogP contribution is 2.49. The molecule has 0 saturated heterocycles. The van der Waals surface area contributed by atoms with E-state index in [2.05, 4.69) is 199 Å². The number of para-hydroxylation sites is 3. The summed E-state index contributed by atoms with van der Waals surface area (Å²) in [4.78, 5) is 2.38. The van der Waals surface area contributed by atoms with Crippen molar-refractivity contribution in [1.29, 1.82) is 0 Å². The molecule has 0 amide bonds. The molecule has 9 aromatic carbocycles. The van der Waals surface area contributed by atoms with Crippen LogP contribution in [0.15, 0.2) is 221 Å². The van der Waals surface area contributed by atoms with Crippen molar-refractivity contribution in [2.45, 2.75) is 0 Å². The summed E-state index contributed by atoms with van der Waals surface area (Å²) in [7, 11) is 0. The largest absolute Gasteiger partial charge is 0.455 e. The topological polar surface area (TPSA) is 29.5 Å². The van der Waals surface area contributed by atoms with Crippen molar-refractivity contribution in [3.05, 3.63) is 212 Å². The van der Waals surface area contributed by atoms with Gasteiger partial charge in [-0.25, -0.2) is 0 Å². The summed E-state index contributed by atoms with van der Waals surface area (Å²) >= 11 is 0. The summed E-state index contributed by atoms with van der Waals surface area (Å²) in [5, 5.41) is 4.33. The number of fused-ring (bicyclic) bond motifs is 6.